The van der Waals surface area contributed by atoms with Gasteiger partial charge in [-0.05, 0) is 43.4 Å². The lowest BCUT2D eigenvalue weighted by Gasteiger charge is -2.29. The van der Waals surface area contributed by atoms with Gasteiger partial charge in [0.15, 0.2) is 0 Å². The van der Waals surface area contributed by atoms with Crippen LogP contribution in [0.15, 0.2) is 48.7 Å². The Kier molecular flexibility index (Phi) is 6.41. The third-order valence-corrected chi connectivity index (χ3v) is 4.73. The minimum absolute atomic E-state index is 0.0303. The van der Waals surface area contributed by atoms with Gasteiger partial charge in [-0.2, -0.15) is 4.98 Å². The molecule has 27 heavy (non-hydrogen) atoms. The summed E-state index contributed by atoms with van der Waals surface area (Å²) in [6.45, 7) is 0. The van der Waals surface area contributed by atoms with Gasteiger partial charge < -0.3 is 15.5 Å². The average Bonchev–Trinajstić information content (AvgIpc) is 2.69. The van der Waals surface area contributed by atoms with Crippen LogP contribution in [0.1, 0.15) is 31.2 Å². The smallest absolute Gasteiger partial charge is 0.244 e. The maximum Gasteiger partial charge on any atom is 0.244 e. The third kappa shape index (κ3) is 5.81. The van der Waals surface area contributed by atoms with E-state index in [1.165, 1.54) is 0 Å². The first kappa shape index (κ1) is 18.9. The first-order valence-corrected chi connectivity index (χ1v) is 9.40. The maximum absolute atomic E-state index is 12.1. The van der Waals surface area contributed by atoms with Crippen LogP contribution in [0.25, 0.3) is 6.08 Å². The lowest BCUT2D eigenvalue weighted by molar-refractivity contribution is -0.117. The van der Waals surface area contributed by atoms with Crippen molar-refractivity contribution in [2.24, 2.45) is 0 Å². The van der Waals surface area contributed by atoms with E-state index in [0.29, 0.717) is 12.0 Å². The Labute approximate surface area is 160 Å². The molecular formula is C21H27N5O. The second-order valence-electron chi connectivity index (χ2n) is 7.08. The van der Waals surface area contributed by atoms with E-state index in [1.54, 1.807) is 12.3 Å². The molecule has 1 fully saturated rings. The molecule has 0 saturated heterocycles. The van der Waals surface area contributed by atoms with E-state index in [9.17, 15) is 4.79 Å². The molecule has 1 aromatic heterocycles. The lowest BCUT2D eigenvalue weighted by Crippen LogP contribution is -2.39. The molecule has 2 N–H and O–H groups in total. The van der Waals surface area contributed by atoms with Crippen molar-refractivity contribution in [1.29, 1.82) is 0 Å². The van der Waals surface area contributed by atoms with E-state index < -0.39 is 0 Å². The molecule has 0 unspecified atom stereocenters. The van der Waals surface area contributed by atoms with E-state index in [4.69, 9.17) is 0 Å². The molecule has 1 saturated carbocycles. The number of rotatable bonds is 6. The second kappa shape index (κ2) is 9.16. The van der Waals surface area contributed by atoms with E-state index in [2.05, 4.69) is 20.6 Å². The largest absolute Gasteiger partial charge is 0.363 e. The van der Waals surface area contributed by atoms with Gasteiger partial charge in [-0.1, -0.05) is 30.3 Å². The fraction of sp³-hybridized carbons (Fsp3) is 0.381. The molecule has 142 valence electrons. The fourth-order valence-corrected chi connectivity index (χ4v) is 3.22. The van der Waals surface area contributed by atoms with Crippen LogP contribution in [-0.4, -0.2) is 42.1 Å². The molecule has 1 aliphatic carbocycles. The zero-order chi connectivity index (χ0) is 19.1. The molecular weight excluding hydrogens is 338 g/mol. The van der Waals surface area contributed by atoms with Crippen LogP contribution in [-0.2, 0) is 4.79 Å². The van der Waals surface area contributed by atoms with Crippen molar-refractivity contribution in [2.75, 3.05) is 24.3 Å². The molecule has 1 aromatic carbocycles. The number of amides is 1. The summed E-state index contributed by atoms with van der Waals surface area (Å²) in [7, 11) is 3.93. The predicted octanol–water partition coefficient (Wildman–Crippen LogP) is 3.10. The highest BCUT2D eigenvalue weighted by atomic mass is 16.1. The first-order chi connectivity index (χ1) is 13.1. The summed E-state index contributed by atoms with van der Waals surface area (Å²) < 4.78 is 0. The Morgan fingerprint density at radius 3 is 2.48 bits per heavy atom. The number of hydrogen-bond donors (Lipinski definition) is 2. The number of anilines is 2. The van der Waals surface area contributed by atoms with Crippen LogP contribution in [0.2, 0.25) is 0 Å². The van der Waals surface area contributed by atoms with Gasteiger partial charge in [0.05, 0.1) is 0 Å². The van der Waals surface area contributed by atoms with Crippen molar-refractivity contribution >= 4 is 23.7 Å². The standard InChI is InChI=1S/C21H27N5O/c1-26(2)19-14-15-22-21(25-19)24-18-11-9-17(10-12-18)23-20(27)13-8-16-6-4-3-5-7-16/h3-8,13-15,17-18H,9-12H2,1-2H3,(H,23,27)(H,22,24,25). The number of hydrogen-bond acceptors (Lipinski definition) is 5. The normalized spacial score (nSPS) is 19.6. The quantitative estimate of drug-likeness (QED) is 0.770. The van der Waals surface area contributed by atoms with Gasteiger partial charge in [0.2, 0.25) is 11.9 Å². The van der Waals surface area contributed by atoms with Crippen LogP contribution in [0.3, 0.4) is 0 Å². The monoisotopic (exact) mass is 365 g/mol. The van der Waals surface area contributed by atoms with Crippen LogP contribution >= 0.6 is 0 Å². The molecule has 1 heterocycles. The SMILES string of the molecule is CN(C)c1ccnc(NC2CCC(NC(=O)C=Cc3ccccc3)CC2)n1. The molecule has 3 rings (SSSR count). The van der Waals surface area contributed by atoms with Gasteiger partial charge in [0.25, 0.3) is 0 Å². The Balaban J connectivity index is 1.44. The van der Waals surface area contributed by atoms with Crippen molar-refractivity contribution in [3.05, 3.63) is 54.2 Å². The van der Waals surface area contributed by atoms with Crippen molar-refractivity contribution in [3.8, 4) is 0 Å². The Morgan fingerprint density at radius 2 is 1.78 bits per heavy atom. The van der Waals surface area contributed by atoms with Gasteiger partial charge >= 0.3 is 0 Å². The number of carbonyl (C=O) groups is 1. The highest BCUT2D eigenvalue weighted by Crippen LogP contribution is 2.21. The van der Waals surface area contributed by atoms with E-state index in [0.717, 1.165) is 37.1 Å². The van der Waals surface area contributed by atoms with Crippen molar-refractivity contribution in [1.82, 2.24) is 15.3 Å². The number of nitrogens with zero attached hydrogens (tertiary/aromatic N) is 3. The van der Waals surface area contributed by atoms with Crippen molar-refractivity contribution in [3.63, 3.8) is 0 Å². The number of nitrogens with one attached hydrogen (secondary N) is 2. The molecule has 0 atom stereocenters. The molecule has 0 aliphatic heterocycles. The highest BCUT2D eigenvalue weighted by molar-refractivity contribution is 5.91. The van der Waals surface area contributed by atoms with Gasteiger partial charge in [0.1, 0.15) is 5.82 Å². The van der Waals surface area contributed by atoms with Crippen LogP contribution in [0.4, 0.5) is 11.8 Å². The van der Waals surface area contributed by atoms with Crippen molar-refractivity contribution in [2.45, 2.75) is 37.8 Å². The van der Waals surface area contributed by atoms with Gasteiger partial charge in [0, 0.05) is 38.5 Å². The zero-order valence-electron chi connectivity index (χ0n) is 15.9. The molecule has 1 aliphatic rings. The van der Waals surface area contributed by atoms with E-state index in [1.807, 2.05) is 61.5 Å². The van der Waals surface area contributed by atoms with E-state index in [-0.39, 0.29) is 11.9 Å². The zero-order valence-corrected chi connectivity index (χ0v) is 15.9. The molecule has 6 heteroatoms. The summed E-state index contributed by atoms with van der Waals surface area (Å²) in [6.07, 6.45) is 9.12. The minimum atomic E-state index is -0.0303. The molecule has 2 aromatic rings. The summed E-state index contributed by atoms with van der Waals surface area (Å²) in [4.78, 5) is 22.9. The molecule has 0 radical (unpaired) electrons. The van der Waals surface area contributed by atoms with Crippen LogP contribution < -0.4 is 15.5 Å². The fourth-order valence-electron chi connectivity index (χ4n) is 3.22. The third-order valence-electron chi connectivity index (χ3n) is 4.73. The Morgan fingerprint density at radius 1 is 1.07 bits per heavy atom. The number of aromatic nitrogens is 2. The van der Waals surface area contributed by atoms with Crippen LogP contribution in [0.5, 0.6) is 0 Å². The lowest BCUT2D eigenvalue weighted by atomic mass is 9.91. The van der Waals surface area contributed by atoms with Gasteiger partial charge in [-0.3, -0.25) is 4.79 Å². The van der Waals surface area contributed by atoms with Crippen molar-refractivity contribution < 1.29 is 4.79 Å². The maximum atomic E-state index is 12.1. The average molecular weight is 365 g/mol. The molecule has 6 nitrogen and oxygen atoms in total. The minimum Gasteiger partial charge on any atom is -0.363 e. The highest BCUT2D eigenvalue weighted by Gasteiger charge is 2.22. The summed E-state index contributed by atoms with van der Waals surface area (Å²) in [5, 5.41) is 6.53. The summed E-state index contributed by atoms with van der Waals surface area (Å²) in [5.41, 5.74) is 1.03. The Bertz CT molecular complexity index is 767. The summed E-state index contributed by atoms with van der Waals surface area (Å²) in [5.74, 6) is 1.52. The molecule has 0 bridgehead atoms. The molecule has 1 amide bonds. The van der Waals surface area contributed by atoms with E-state index >= 15 is 0 Å². The van der Waals surface area contributed by atoms with Gasteiger partial charge in [-0.15, -0.1) is 0 Å². The van der Waals surface area contributed by atoms with Crippen LogP contribution in [0, 0.1) is 0 Å². The number of carbonyl (C=O) groups excluding carboxylic acids is 1. The topological polar surface area (TPSA) is 70.2 Å². The number of benzene rings is 1. The molecule has 0 spiro atoms. The van der Waals surface area contributed by atoms with Gasteiger partial charge in [-0.25, -0.2) is 4.98 Å². The Hall–Kier alpha value is -2.89. The summed E-state index contributed by atoms with van der Waals surface area (Å²) >= 11 is 0. The second-order valence-corrected chi connectivity index (χ2v) is 7.08. The predicted molar refractivity (Wildman–Crippen MR) is 110 cm³/mol. The first-order valence-electron chi connectivity index (χ1n) is 9.40. The summed E-state index contributed by atoms with van der Waals surface area (Å²) in [6, 6.07) is 12.3.